The monoisotopic (exact) mass is 320 g/mol. The van der Waals surface area contributed by atoms with E-state index in [-0.39, 0.29) is 22.0 Å². The van der Waals surface area contributed by atoms with Gasteiger partial charge in [0.05, 0.1) is 16.4 Å². The largest absolute Gasteiger partial charge is 0.362 e. The number of epoxide rings is 1. The molecule has 0 amide bonds. The molecule has 4 aliphatic rings. The van der Waals surface area contributed by atoms with Gasteiger partial charge in [0.2, 0.25) is 0 Å². The van der Waals surface area contributed by atoms with E-state index in [4.69, 9.17) is 27.9 Å². The molecular formula is C18H18Cl2O. The highest BCUT2D eigenvalue weighted by atomic mass is 35.5. The summed E-state index contributed by atoms with van der Waals surface area (Å²) in [4.78, 5) is 0. The maximum absolute atomic E-state index is 6.69. The Labute approximate surface area is 135 Å². The van der Waals surface area contributed by atoms with Crippen molar-refractivity contribution in [3.63, 3.8) is 0 Å². The summed E-state index contributed by atoms with van der Waals surface area (Å²) in [5, 5.41) is 0.121. The molecule has 1 spiro atoms. The van der Waals surface area contributed by atoms with E-state index in [1.807, 2.05) is 0 Å². The van der Waals surface area contributed by atoms with Gasteiger partial charge in [-0.1, -0.05) is 36.4 Å². The molecule has 2 bridgehead atoms. The number of rotatable bonds is 0. The number of benzene rings is 1. The van der Waals surface area contributed by atoms with Crippen molar-refractivity contribution < 1.29 is 4.74 Å². The fourth-order valence-corrected chi connectivity index (χ4v) is 6.49. The number of alkyl halides is 2. The number of fused-ring (bicyclic) bond motifs is 6. The molecule has 21 heavy (non-hydrogen) atoms. The molecule has 7 atom stereocenters. The molecule has 1 saturated carbocycles. The summed E-state index contributed by atoms with van der Waals surface area (Å²) in [5.74, 6) is 1.54. The molecule has 3 aliphatic carbocycles. The van der Waals surface area contributed by atoms with Crippen molar-refractivity contribution in [3.8, 4) is 0 Å². The van der Waals surface area contributed by atoms with Crippen LogP contribution in [0.15, 0.2) is 36.4 Å². The van der Waals surface area contributed by atoms with Gasteiger partial charge in [0.1, 0.15) is 5.60 Å². The van der Waals surface area contributed by atoms with Crippen molar-refractivity contribution in [1.29, 1.82) is 0 Å². The average Bonchev–Trinajstić information content (AvgIpc) is 2.78. The van der Waals surface area contributed by atoms with E-state index in [0.717, 1.165) is 0 Å². The molecule has 3 heteroatoms. The van der Waals surface area contributed by atoms with Crippen LogP contribution in [0.25, 0.3) is 0 Å². The van der Waals surface area contributed by atoms with Crippen LogP contribution in [0.4, 0.5) is 0 Å². The molecule has 1 aromatic rings. The Kier molecular flexibility index (Phi) is 2.28. The summed E-state index contributed by atoms with van der Waals surface area (Å²) in [5.41, 5.74) is 2.72. The first-order valence-electron chi connectivity index (χ1n) is 7.74. The highest BCUT2D eigenvalue weighted by molar-refractivity contribution is 6.24. The Morgan fingerprint density at radius 3 is 1.71 bits per heavy atom. The van der Waals surface area contributed by atoms with Gasteiger partial charge in [-0.3, -0.25) is 0 Å². The molecule has 0 radical (unpaired) electrons. The fraction of sp³-hybridized carbons (Fsp3) is 0.556. The third kappa shape index (κ3) is 1.27. The van der Waals surface area contributed by atoms with Gasteiger partial charge < -0.3 is 4.74 Å². The van der Waals surface area contributed by atoms with Crippen molar-refractivity contribution in [2.45, 2.75) is 47.6 Å². The predicted molar refractivity (Wildman–Crippen MR) is 85.2 cm³/mol. The minimum atomic E-state index is -0.0850. The first kappa shape index (κ1) is 13.0. The molecule has 110 valence electrons. The van der Waals surface area contributed by atoms with Crippen LogP contribution in [0.3, 0.4) is 0 Å². The zero-order chi connectivity index (χ0) is 14.6. The smallest absolute Gasteiger partial charge is 0.112 e. The van der Waals surface area contributed by atoms with Gasteiger partial charge in [0, 0.05) is 11.8 Å². The normalized spacial score (nSPS) is 51.0. The van der Waals surface area contributed by atoms with Crippen molar-refractivity contribution in [1.82, 2.24) is 0 Å². The summed E-state index contributed by atoms with van der Waals surface area (Å²) in [7, 11) is 0. The molecule has 1 aliphatic heterocycles. The van der Waals surface area contributed by atoms with E-state index < -0.39 is 0 Å². The Morgan fingerprint density at radius 1 is 0.905 bits per heavy atom. The first-order valence-corrected chi connectivity index (χ1v) is 8.62. The highest BCUT2D eigenvalue weighted by Crippen LogP contribution is 2.79. The molecule has 1 heterocycles. The topological polar surface area (TPSA) is 12.5 Å². The van der Waals surface area contributed by atoms with Gasteiger partial charge >= 0.3 is 0 Å². The van der Waals surface area contributed by atoms with Gasteiger partial charge in [-0.15, -0.1) is 23.2 Å². The lowest BCUT2D eigenvalue weighted by Crippen LogP contribution is -2.36. The van der Waals surface area contributed by atoms with Crippen LogP contribution in [0.2, 0.25) is 0 Å². The van der Waals surface area contributed by atoms with Crippen LogP contribution >= 0.6 is 23.2 Å². The average molecular weight is 321 g/mol. The van der Waals surface area contributed by atoms with E-state index in [0.29, 0.717) is 23.7 Å². The third-order valence-electron chi connectivity index (χ3n) is 6.34. The van der Waals surface area contributed by atoms with Gasteiger partial charge in [0.15, 0.2) is 0 Å². The second kappa shape index (κ2) is 3.69. The van der Waals surface area contributed by atoms with E-state index in [1.165, 1.54) is 11.1 Å². The molecule has 1 unspecified atom stereocenters. The van der Waals surface area contributed by atoms with Crippen molar-refractivity contribution in [2.24, 2.45) is 11.8 Å². The number of hydrogen-bond donors (Lipinski definition) is 0. The highest BCUT2D eigenvalue weighted by Gasteiger charge is 2.82. The first-order chi connectivity index (χ1) is 9.99. The quantitative estimate of drug-likeness (QED) is 0.391. The lowest BCUT2D eigenvalue weighted by Gasteiger charge is -2.38. The molecule has 0 aromatic heterocycles. The van der Waals surface area contributed by atoms with Gasteiger partial charge in [-0.05, 0) is 36.8 Å². The molecular weight excluding hydrogens is 303 g/mol. The fourth-order valence-electron chi connectivity index (χ4n) is 5.70. The van der Waals surface area contributed by atoms with Crippen molar-refractivity contribution in [3.05, 3.63) is 47.5 Å². The Hall–Kier alpha value is -0.500. The minimum Gasteiger partial charge on any atom is -0.362 e. The number of allylic oxidation sites excluding steroid dienone is 2. The second-order valence-electron chi connectivity index (χ2n) is 7.42. The summed E-state index contributed by atoms with van der Waals surface area (Å²) < 4.78 is 6.37. The van der Waals surface area contributed by atoms with Crippen molar-refractivity contribution >= 4 is 23.2 Å². The van der Waals surface area contributed by atoms with Crippen LogP contribution in [-0.2, 0) is 4.74 Å². The zero-order valence-electron chi connectivity index (χ0n) is 12.1. The number of ether oxygens (including phenoxy) is 1. The molecule has 5 rings (SSSR count). The summed E-state index contributed by atoms with van der Waals surface area (Å²) >= 11 is 13.4. The van der Waals surface area contributed by atoms with E-state index in [2.05, 4.69) is 50.3 Å². The molecule has 1 saturated heterocycles. The van der Waals surface area contributed by atoms with Crippen LogP contribution in [0.1, 0.15) is 36.8 Å². The molecule has 1 aromatic carbocycles. The maximum atomic E-state index is 6.69. The summed E-state index contributed by atoms with van der Waals surface area (Å²) in [6.07, 6.45) is 4.18. The Bertz CT molecular complexity index is 620. The van der Waals surface area contributed by atoms with Gasteiger partial charge in [-0.2, -0.15) is 0 Å². The lowest BCUT2D eigenvalue weighted by atomic mass is 9.70. The lowest BCUT2D eigenvalue weighted by molar-refractivity contribution is 0.252. The van der Waals surface area contributed by atoms with Gasteiger partial charge in [0.25, 0.3) is 0 Å². The van der Waals surface area contributed by atoms with Crippen LogP contribution in [0, 0.1) is 11.8 Å². The Morgan fingerprint density at radius 2 is 1.33 bits per heavy atom. The second-order valence-corrected chi connectivity index (χ2v) is 8.43. The van der Waals surface area contributed by atoms with E-state index >= 15 is 0 Å². The number of halogens is 2. The minimum absolute atomic E-state index is 0.0604. The van der Waals surface area contributed by atoms with Crippen LogP contribution in [0.5, 0.6) is 0 Å². The van der Waals surface area contributed by atoms with Gasteiger partial charge in [-0.25, -0.2) is 0 Å². The zero-order valence-corrected chi connectivity index (χ0v) is 13.6. The van der Waals surface area contributed by atoms with E-state index in [9.17, 15) is 0 Å². The maximum Gasteiger partial charge on any atom is 0.112 e. The van der Waals surface area contributed by atoms with Crippen LogP contribution < -0.4 is 0 Å². The standard InChI is InChI=1S/C18H18Cl2O/c1-17(2)18(21-17)15-9-5-3-4-6-10(9)16(18)14-12(20)8-7-11(19)13(14)15/h3-8,11-16H,1-2H3/t11-,12+,13-,14+,15-,16-,18?/m0/s1. The summed E-state index contributed by atoms with van der Waals surface area (Å²) in [6.45, 7) is 4.44. The predicted octanol–water partition coefficient (Wildman–Crippen LogP) is 4.45. The molecule has 0 N–H and O–H groups in total. The third-order valence-corrected chi connectivity index (χ3v) is 7.21. The summed E-state index contributed by atoms with van der Waals surface area (Å²) in [6, 6.07) is 8.80. The molecule has 2 fully saturated rings. The van der Waals surface area contributed by atoms with Crippen molar-refractivity contribution in [2.75, 3.05) is 0 Å². The SMILES string of the molecule is CC1(C)OC12[C@H]1c3ccccc3[C@H]2[C@H]2[C@@H]1[C@@H](Cl)C=C[C@H]2Cl. The van der Waals surface area contributed by atoms with E-state index in [1.54, 1.807) is 0 Å². The Balaban J connectivity index is 1.77. The number of hydrogen-bond acceptors (Lipinski definition) is 1. The molecule has 1 nitrogen and oxygen atoms in total. The van der Waals surface area contributed by atoms with Crippen LogP contribution in [-0.4, -0.2) is 22.0 Å².